The van der Waals surface area contributed by atoms with Crippen molar-refractivity contribution < 1.29 is 14.3 Å². The SMILES string of the molecule is O=C1Nc2cccc(-c3ccncc3)c2C1=Cc1cc2cc(OCCN3CCOCC3)ccc2[nH]1. The molecule has 0 saturated carbocycles. The molecule has 176 valence electrons. The molecule has 4 aromatic rings. The third-order valence-corrected chi connectivity index (χ3v) is 6.51. The smallest absolute Gasteiger partial charge is 0.256 e. The minimum Gasteiger partial charge on any atom is -0.492 e. The van der Waals surface area contributed by atoms with Crippen LogP contribution in [0.4, 0.5) is 5.69 Å². The van der Waals surface area contributed by atoms with Crippen molar-refractivity contribution in [2.24, 2.45) is 0 Å². The second kappa shape index (κ2) is 9.37. The summed E-state index contributed by atoms with van der Waals surface area (Å²) in [4.78, 5) is 22.8. The maximum atomic E-state index is 12.9. The molecule has 0 atom stereocenters. The van der Waals surface area contributed by atoms with Gasteiger partial charge in [-0.2, -0.15) is 0 Å². The van der Waals surface area contributed by atoms with Gasteiger partial charge in [0.25, 0.3) is 5.91 Å². The maximum Gasteiger partial charge on any atom is 0.256 e. The van der Waals surface area contributed by atoms with Crippen LogP contribution in [0.3, 0.4) is 0 Å². The van der Waals surface area contributed by atoms with Gasteiger partial charge in [0.1, 0.15) is 12.4 Å². The van der Waals surface area contributed by atoms with Crippen LogP contribution < -0.4 is 10.1 Å². The Kier molecular flexibility index (Phi) is 5.78. The van der Waals surface area contributed by atoms with Gasteiger partial charge < -0.3 is 19.8 Å². The van der Waals surface area contributed by atoms with Crippen molar-refractivity contribution in [1.82, 2.24) is 14.9 Å². The van der Waals surface area contributed by atoms with E-state index in [4.69, 9.17) is 9.47 Å². The Morgan fingerprint density at radius 3 is 2.77 bits per heavy atom. The van der Waals surface area contributed by atoms with Gasteiger partial charge in [-0.05, 0) is 59.7 Å². The molecule has 2 aliphatic heterocycles. The lowest BCUT2D eigenvalue weighted by Gasteiger charge is -2.26. The first-order chi connectivity index (χ1) is 17.2. The average Bonchev–Trinajstić information content (AvgIpc) is 3.44. The highest BCUT2D eigenvalue weighted by molar-refractivity contribution is 6.36. The van der Waals surface area contributed by atoms with E-state index in [1.807, 2.05) is 54.6 Å². The molecule has 2 aromatic heterocycles. The molecule has 0 unspecified atom stereocenters. The Balaban J connectivity index is 1.26. The first kappa shape index (κ1) is 21.6. The summed E-state index contributed by atoms with van der Waals surface area (Å²) in [5, 5.41) is 4.05. The van der Waals surface area contributed by atoms with Crippen LogP contribution in [0.25, 0.3) is 33.7 Å². The summed E-state index contributed by atoms with van der Waals surface area (Å²) < 4.78 is 11.4. The number of ether oxygens (including phenoxy) is 2. The number of nitrogens with zero attached hydrogens (tertiary/aromatic N) is 2. The van der Waals surface area contributed by atoms with Crippen LogP contribution in [0.5, 0.6) is 5.75 Å². The zero-order valence-electron chi connectivity index (χ0n) is 19.3. The molecule has 7 nitrogen and oxygen atoms in total. The highest BCUT2D eigenvalue weighted by Crippen LogP contribution is 2.40. The Labute approximate surface area is 203 Å². The van der Waals surface area contributed by atoms with Crippen LogP contribution in [0.2, 0.25) is 0 Å². The number of aromatic nitrogens is 2. The summed E-state index contributed by atoms with van der Waals surface area (Å²) in [6.45, 7) is 5.03. The van der Waals surface area contributed by atoms with Gasteiger partial charge in [0.15, 0.2) is 0 Å². The first-order valence-corrected chi connectivity index (χ1v) is 11.9. The average molecular weight is 467 g/mol. The fourth-order valence-electron chi connectivity index (χ4n) is 4.73. The Morgan fingerprint density at radius 1 is 1.06 bits per heavy atom. The number of H-pyrrole nitrogens is 1. The Hall–Kier alpha value is -3.94. The number of carbonyl (C=O) groups excluding carboxylic acids is 1. The number of aromatic amines is 1. The molecule has 0 radical (unpaired) electrons. The molecular formula is C28H26N4O3. The third-order valence-electron chi connectivity index (χ3n) is 6.51. The summed E-state index contributed by atoms with van der Waals surface area (Å²) in [6, 6.07) is 17.9. The van der Waals surface area contributed by atoms with Crippen molar-refractivity contribution in [3.8, 4) is 16.9 Å². The molecule has 2 N–H and O–H groups in total. The number of rotatable bonds is 6. The summed E-state index contributed by atoms with van der Waals surface area (Å²) >= 11 is 0. The van der Waals surface area contributed by atoms with Crippen LogP contribution >= 0.6 is 0 Å². The van der Waals surface area contributed by atoms with E-state index in [2.05, 4.69) is 26.3 Å². The number of nitrogens with one attached hydrogen (secondary N) is 2. The first-order valence-electron chi connectivity index (χ1n) is 11.9. The van der Waals surface area contributed by atoms with E-state index in [9.17, 15) is 4.79 Å². The van der Waals surface area contributed by atoms with Crippen LogP contribution in [0.15, 0.2) is 67.0 Å². The summed E-state index contributed by atoms with van der Waals surface area (Å²) in [6.07, 6.45) is 5.45. The number of hydrogen-bond acceptors (Lipinski definition) is 5. The van der Waals surface area contributed by atoms with E-state index in [1.165, 1.54) is 0 Å². The number of morpholine rings is 1. The molecule has 7 heteroatoms. The number of pyridine rings is 1. The molecule has 0 spiro atoms. The topological polar surface area (TPSA) is 79.5 Å². The lowest BCUT2D eigenvalue weighted by Crippen LogP contribution is -2.38. The van der Waals surface area contributed by atoms with Gasteiger partial charge in [-0.3, -0.25) is 14.7 Å². The van der Waals surface area contributed by atoms with E-state index in [-0.39, 0.29) is 5.91 Å². The Bertz CT molecular complexity index is 1400. The number of hydrogen-bond donors (Lipinski definition) is 2. The monoisotopic (exact) mass is 466 g/mol. The fourth-order valence-corrected chi connectivity index (χ4v) is 4.73. The largest absolute Gasteiger partial charge is 0.492 e. The molecule has 1 fully saturated rings. The highest BCUT2D eigenvalue weighted by atomic mass is 16.5. The summed E-state index contributed by atoms with van der Waals surface area (Å²) in [7, 11) is 0. The van der Waals surface area contributed by atoms with E-state index in [0.29, 0.717) is 12.2 Å². The zero-order chi connectivity index (χ0) is 23.6. The zero-order valence-corrected chi connectivity index (χ0v) is 19.3. The molecular weight excluding hydrogens is 440 g/mol. The standard InChI is InChI=1S/C28H26N4O3/c33-28-24(27-23(2-1-3-26(27)31-28)19-6-8-29-9-7-19)18-21-16-20-17-22(4-5-25(20)30-21)35-15-12-32-10-13-34-14-11-32/h1-9,16-18,30H,10-15H2,(H,31,33). The number of anilines is 1. The second-order valence-electron chi connectivity index (χ2n) is 8.75. The van der Waals surface area contributed by atoms with Crippen molar-refractivity contribution in [2.45, 2.75) is 0 Å². The molecule has 35 heavy (non-hydrogen) atoms. The van der Waals surface area contributed by atoms with Gasteiger partial charge >= 0.3 is 0 Å². The molecule has 6 rings (SSSR count). The molecule has 1 saturated heterocycles. The Morgan fingerprint density at radius 2 is 1.91 bits per heavy atom. The molecule has 0 bridgehead atoms. The van der Waals surface area contributed by atoms with Crippen molar-refractivity contribution in [3.05, 3.63) is 78.2 Å². The lowest BCUT2D eigenvalue weighted by molar-refractivity contribution is -0.110. The normalized spacial score (nSPS) is 17.0. The molecule has 1 amide bonds. The van der Waals surface area contributed by atoms with Crippen LogP contribution in [-0.4, -0.2) is 60.2 Å². The predicted octanol–water partition coefficient (Wildman–Crippen LogP) is 4.43. The molecule has 0 aliphatic carbocycles. The maximum absolute atomic E-state index is 12.9. The molecule has 2 aromatic carbocycles. The second-order valence-corrected chi connectivity index (χ2v) is 8.75. The number of benzene rings is 2. The molecule has 2 aliphatic rings. The van der Waals surface area contributed by atoms with E-state index < -0.39 is 0 Å². The van der Waals surface area contributed by atoms with Gasteiger partial charge in [0.05, 0.1) is 18.8 Å². The van der Waals surface area contributed by atoms with Gasteiger partial charge in [-0.25, -0.2) is 0 Å². The van der Waals surface area contributed by atoms with E-state index in [0.717, 1.165) is 77.6 Å². The van der Waals surface area contributed by atoms with Crippen molar-refractivity contribution in [2.75, 3.05) is 44.8 Å². The minimum absolute atomic E-state index is 0.104. The summed E-state index contributed by atoms with van der Waals surface area (Å²) in [5.41, 5.74) is 6.26. The molecule has 4 heterocycles. The summed E-state index contributed by atoms with van der Waals surface area (Å²) in [5.74, 6) is 0.736. The highest BCUT2D eigenvalue weighted by Gasteiger charge is 2.27. The van der Waals surface area contributed by atoms with Gasteiger partial charge in [-0.1, -0.05) is 12.1 Å². The van der Waals surface area contributed by atoms with Crippen LogP contribution in [0.1, 0.15) is 11.3 Å². The lowest BCUT2D eigenvalue weighted by atomic mass is 9.95. The van der Waals surface area contributed by atoms with Crippen LogP contribution in [0, 0.1) is 0 Å². The minimum atomic E-state index is -0.104. The van der Waals surface area contributed by atoms with Crippen LogP contribution in [-0.2, 0) is 9.53 Å². The van der Waals surface area contributed by atoms with Gasteiger partial charge in [-0.15, -0.1) is 0 Å². The van der Waals surface area contributed by atoms with E-state index >= 15 is 0 Å². The van der Waals surface area contributed by atoms with E-state index in [1.54, 1.807) is 12.4 Å². The fraction of sp³-hybridized carbons (Fsp3) is 0.214. The van der Waals surface area contributed by atoms with Gasteiger partial charge in [0.2, 0.25) is 0 Å². The number of carbonyl (C=O) groups is 1. The quantitative estimate of drug-likeness (QED) is 0.411. The number of fused-ring (bicyclic) bond motifs is 2. The van der Waals surface area contributed by atoms with Crippen molar-refractivity contribution in [1.29, 1.82) is 0 Å². The third kappa shape index (κ3) is 4.43. The van der Waals surface area contributed by atoms with Crippen molar-refractivity contribution in [3.63, 3.8) is 0 Å². The number of amides is 1. The van der Waals surface area contributed by atoms with Gasteiger partial charge in [0, 0.05) is 59.9 Å². The predicted molar refractivity (Wildman–Crippen MR) is 137 cm³/mol. The van der Waals surface area contributed by atoms with Crippen molar-refractivity contribution >= 4 is 34.1 Å².